The van der Waals surface area contributed by atoms with Crippen molar-refractivity contribution in [1.82, 2.24) is 20.1 Å². The lowest BCUT2D eigenvalue weighted by atomic mass is 10.1. The van der Waals surface area contributed by atoms with Gasteiger partial charge in [0.2, 0.25) is 5.91 Å². The summed E-state index contributed by atoms with van der Waals surface area (Å²) in [5.41, 5.74) is 0.624. The topological polar surface area (TPSA) is 73.9 Å². The number of anilines is 1. The molecule has 2 aromatic heterocycles. The molecule has 0 atom stereocenters. The van der Waals surface area contributed by atoms with E-state index in [9.17, 15) is 4.79 Å². The maximum absolute atomic E-state index is 12.0. The highest BCUT2D eigenvalue weighted by Gasteiger charge is 2.13. The Kier molecular flexibility index (Phi) is 3.92. The number of carbonyl (C=O) groups is 1. The number of nitrogens with zero attached hydrogens (tertiary/aromatic N) is 3. The average Bonchev–Trinajstić information content (AvgIpc) is 2.90. The van der Waals surface area contributed by atoms with Crippen LogP contribution < -0.4 is 5.32 Å². The van der Waals surface area contributed by atoms with Gasteiger partial charge in [-0.25, -0.2) is 4.98 Å². The third-order valence-corrected chi connectivity index (χ3v) is 3.70. The molecule has 6 heteroatoms. The molecule has 20 heavy (non-hydrogen) atoms. The van der Waals surface area contributed by atoms with Gasteiger partial charge >= 0.3 is 0 Å². The second-order valence-corrected chi connectivity index (χ2v) is 5.17. The molecule has 0 bridgehead atoms. The van der Waals surface area contributed by atoms with Gasteiger partial charge in [-0.05, 0) is 38.1 Å². The van der Waals surface area contributed by atoms with Gasteiger partial charge in [0, 0.05) is 19.2 Å². The van der Waals surface area contributed by atoms with Crippen molar-refractivity contribution in [1.29, 1.82) is 0 Å². The molecule has 0 aliphatic carbocycles. The molecule has 1 amide bonds. The number of piperidine rings is 1. The fourth-order valence-corrected chi connectivity index (χ4v) is 2.59. The first-order valence-electron chi connectivity index (χ1n) is 7.14. The Balaban J connectivity index is 1.55. The van der Waals surface area contributed by atoms with Crippen molar-refractivity contribution < 1.29 is 4.79 Å². The molecule has 0 radical (unpaired) electrons. The van der Waals surface area contributed by atoms with Gasteiger partial charge in [0.25, 0.3) is 0 Å². The van der Waals surface area contributed by atoms with Gasteiger partial charge in [-0.3, -0.25) is 9.89 Å². The molecule has 2 N–H and O–H groups in total. The van der Waals surface area contributed by atoms with E-state index in [2.05, 4.69) is 25.4 Å². The second-order valence-electron chi connectivity index (χ2n) is 5.17. The van der Waals surface area contributed by atoms with Crippen molar-refractivity contribution in [3.8, 4) is 0 Å². The molecule has 106 valence electrons. The van der Waals surface area contributed by atoms with Crippen molar-refractivity contribution in [2.24, 2.45) is 0 Å². The van der Waals surface area contributed by atoms with E-state index in [1.165, 1.54) is 19.3 Å². The van der Waals surface area contributed by atoms with Crippen LogP contribution in [0.5, 0.6) is 0 Å². The number of likely N-dealkylation sites (tertiary alicyclic amines) is 1. The molecule has 2 aromatic rings. The Labute approximate surface area is 117 Å². The monoisotopic (exact) mass is 273 g/mol. The van der Waals surface area contributed by atoms with Crippen molar-refractivity contribution in [2.75, 3.05) is 25.0 Å². The third-order valence-electron chi connectivity index (χ3n) is 3.70. The molecule has 1 aliphatic rings. The maximum Gasteiger partial charge on any atom is 0.226 e. The molecule has 0 saturated carbocycles. The number of carbonyl (C=O) groups excluding carboxylic acids is 1. The smallest absolute Gasteiger partial charge is 0.226 e. The lowest BCUT2D eigenvalue weighted by Gasteiger charge is -2.25. The minimum Gasteiger partial charge on any atom is -0.310 e. The van der Waals surface area contributed by atoms with Crippen molar-refractivity contribution in [3.05, 3.63) is 18.3 Å². The van der Waals surface area contributed by atoms with E-state index in [1.807, 2.05) is 12.1 Å². The van der Waals surface area contributed by atoms with Crippen LogP contribution in [0.1, 0.15) is 25.7 Å². The first kappa shape index (κ1) is 13.1. The molecule has 6 nitrogen and oxygen atoms in total. The summed E-state index contributed by atoms with van der Waals surface area (Å²) in [7, 11) is 0. The van der Waals surface area contributed by atoms with E-state index in [0.717, 1.165) is 25.0 Å². The summed E-state index contributed by atoms with van der Waals surface area (Å²) in [5, 5.41) is 10.6. The lowest BCUT2D eigenvalue weighted by molar-refractivity contribution is -0.116. The van der Waals surface area contributed by atoms with Crippen molar-refractivity contribution in [2.45, 2.75) is 25.7 Å². The number of fused-ring (bicyclic) bond motifs is 1. The third kappa shape index (κ3) is 2.96. The van der Waals surface area contributed by atoms with Crippen LogP contribution in [0.2, 0.25) is 0 Å². The van der Waals surface area contributed by atoms with Crippen LogP contribution in [0.3, 0.4) is 0 Å². The van der Waals surface area contributed by atoms with Crippen LogP contribution in [-0.4, -0.2) is 45.6 Å². The molecule has 0 unspecified atom stereocenters. The number of nitrogens with one attached hydrogen (secondary N) is 2. The fraction of sp³-hybridized carbons (Fsp3) is 0.500. The Hall–Kier alpha value is -1.95. The first-order chi connectivity index (χ1) is 9.83. The Morgan fingerprint density at radius 1 is 1.35 bits per heavy atom. The summed E-state index contributed by atoms with van der Waals surface area (Å²) in [4.78, 5) is 18.5. The highest BCUT2D eigenvalue weighted by molar-refractivity contribution is 5.98. The highest BCUT2D eigenvalue weighted by Crippen LogP contribution is 2.17. The summed E-state index contributed by atoms with van der Waals surface area (Å²) in [6.07, 6.45) is 6.01. The van der Waals surface area contributed by atoms with Gasteiger partial charge in [0.15, 0.2) is 5.65 Å². The zero-order chi connectivity index (χ0) is 13.8. The van der Waals surface area contributed by atoms with Gasteiger partial charge in [0.1, 0.15) is 5.82 Å². The fourth-order valence-electron chi connectivity index (χ4n) is 2.59. The van der Waals surface area contributed by atoms with Gasteiger partial charge in [0.05, 0.1) is 5.39 Å². The number of hydrogen-bond donors (Lipinski definition) is 2. The summed E-state index contributed by atoms with van der Waals surface area (Å²) in [5.74, 6) is 0.654. The largest absolute Gasteiger partial charge is 0.310 e. The van der Waals surface area contributed by atoms with E-state index in [1.54, 1.807) is 6.20 Å². The lowest BCUT2D eigenvalue weighted by Crippen LogP contribution is -2.32. The Bertz CT molecular complexity index is 588. The zero-order valence-corrected chi connectivity index (χ0v) is 11.4. The van der Waals surface area contributed by atoms with E-state index in [0.29, 0.717) is 17.9 Å². The summed E-state index contributed by atoms with van der Waals surface area (Å²) in [6.45, 7) is 3.06. The van der Waals surface area contributed by atoms with Gasteiger partial charge < -0.3 is 10.2 Å². The molecule has 1 saturated heterocycles. The van der Waals surface area contributed by atoms with E-state index >= 15 is 0 Å². The van der Waals surface area contributed by atoms with Crippen LogP contribution in [-0.2, 0) is 4.79 Å². The number of aromatic amines is 1. The molecule has 1 fully saturated rings. The minimum atomic E-state index is 0.0185. The molecule has 3 rings (SSSR count). The van der Waals surface area contributed by atoms with Crippen LogP contribution in [0, 0.1) is 0 Å². The molecule has 0 aromatic carbocycles. The Morgan fingerprint density at radius 2 is 2.20 bits per heavy atom. The summed E-state index contributed by atoms with van der Waals surface area (Å²) >= 11 is 0. The number of hydrogen-bond acceptors (Lipinski definition) is 4. The standard InChI is InChI=1S/C14H19N5O/c20-12(6-10-19-8-2-1-3-9-19)16-14-11-5-4-7-15-13(11)17-18-14/h4-5,7H,1-3,6,8-10H2,(H2,15,16,17,18,20). The predicted molar refractivity (Wildman–Crippen MR) is 77.4 cm³/mol. The quantitative estimate of drug-likeness (QED) is 0.890. The highest BCUT2D eigenvalue weighted by atomic mass is 16.1. The van der Waals surface area contributed by atoms with E-state index < -0.39 is 0 Å². The van der Waals surface area contributed by atoms with Crippen LogP contribution in [0.25, 0.3) is 11.0 Å². The van der Waals surface area contributed by atoms with Crippen LogP contribution in [0.15, 0.2) is 18.3 Å². The van der Waals surface area contributed by atoms with Gasteiger partial charge in [-0.1, -0.05) is 6.42 Å². The molecule has 3 heterocycles. The van der Waals surface area contributed by atoms with Gasteiger partial charge in [-0.2, -0.15) is 5.10 Å². The molecule has 1 aliphatic heterocycles. The predicted octanol–water partition coefficient (Wildman–Crippen LogP) is 1.77. The SMILES string of the molecule is O=C(CCN1CCCCC1)Nc1[nH]nc2ncccc12. The summed E-state index contributed by atoms with van der Waals surface area (Å²) < 4.78 is 0. The first-order valence-corrected chi connectivity index (χ1v) is 7.14. The molecular weight excluding hydrogens is 254 g/mol. The molecular formula is C14H19N5O. The number of rotatable bonds is 4. The van der Waals surface area contributed by atoms with Crippen molar-refractivity contribution in [3.63, 3.8) is 0 Å². The number of pyridine rings is 1. The van der Waals surface area contributed by atoms with Gasteiger partial charge in [-0.15, -0.1) is 0 Å². The minimum absolute atomic E-state index is 0.0185. The number of H-pyrrole nitrogens is 1. The van der Waals surface area contributed by atoms with E-state index in [4.69, 9.17) is 0 Å². The van der Waals surface area contributed by atoms with Crippen LogP contribution in [0.4, 0.5) is 5.82 Å². The van der Waals surface area contributed by atoms with Crippen LogP contribution >= 0.6 is 0 Å². The molecule has 0 spiro atoms. The summed E-state index contributed by atoms with van der Waals surface area (Å²) in [6, 6.07) is 3.73. The maximum atomic E-state index is 12.0. The second kappa shape index (κ2) is 6.00. The van der Waals surface area contributed by atoms with Crippen molar-refractivity contribution >= 4 is 22.8 Å². The zero-order valence-electron chi connectivity index (χ0n) is 11.4. The Morgan fingerprint density at radius 3 is 3.05 bits per heavy atom. The van der Waals surface area contributed by atoms with E-state index in [-0.39, 0.29) is 5.91 Å². The normalized spacial score (nSPS) is 16.4. The number of aromatic nitrogens is 3. The average molecular weight is 273 g/mol. The number of amides is 1.